The van der Waals surface area contributed by atoms with Gasteiger partial charge in [0.15, 0.2) is 5.13 Å². The molecule has 0 saturated carbocycles. The second-order valence-corrected chi connectivity index (χ2v) is 6.54. The van der Waals surface area contributed by atoms with Gasteiger partial charge in [-0.3, -0.25) is 20.4 Å². The number of hydrazine groups is 1. The highest BCUT2D eigenvalue weighted by Crippen LogP contribution is 2.21. The molecule has 2 N–H and O–H groups in total. The summed E-state index contributed by atoms with van der Waals surface area (Å²) >= 11 is 1.39. The smallest absolute Gasteiger partial charge is 0.289 e. The molecule has 0 unspecified atom stereocenters. The molecular weight excluding hydrogens is 356 g/mol. The van der Waals surface area contributed by atoms with E-state index in [4.69, 9.17) is 9.47 Å². The van der Waals surface area contributed by atoms with Gasteiger partial charge in [0.2, 0.25) is 0 Å². The largest absolute Gasteiger partial charge is 0.496 e. The molecule has 138 valence electrons. The summed E-state index contributed by atoms with van der Waals surface area (Å²) in [5.74, 6) is -0.285. The van der Waals surface area contributed by atoms with E-state index >= 15 is 0 Å². The number of methoxy groups -OCH3 is 1. The maximum Gasteiger partial charge on any atom is 0.289 e. The first kappa shape index (κ1) is 18.2. The Morgan fingerprint density at radius 2 is 1.96 bits per heavy atom. The summed E-state index contributed by atoms with van der Waals surface area (Å²) in [6.45, 7) is 4.69. The van der Waals surface area contributed by atoms with E-state index in [9.17, 15) is 9.59 Å². The second-order valence-electron chi connectivity index (χ2n) is 5.71. The SMILES string of the molecule is COc1cc(C(=O)NNC(=O)c2csc(N3CCOCC3)n2)ccc1C. The van der Waals surface area contributed by atoms with Gasteiger partial charge < -0.3 is 14.4 Å². The number of aryl methyl sites for hydroxylation is 1. The first-order valence-electron chi connectivity index (χ1n) is 8.12. The van der Waals surface area contributed by atoms with Crippen LogP contribution >= 0.6 is 11.3 Å². The van der Waals surface area contributed by atoms with Gasteiger partial charge in [-0.15, -0.1) is 11.3 Å². The van der Waals surface area contributed by atoms with E-state index in [0.717, 1.165) is 23.8 Å². The van der Waals surface area contributed by atoms with Gasteiger partial charge in [0.25, 0.3) is 11.8 Å². The number of nitrogens with zero attached hydrogens (tertiary/aromatic N) is 2. The van der Waals surface area contributed by atoms with Crippen LogP contribution in [0.25, 0.3) is 0 Å². The highest BCUT2D eigenvalue weighted by molar-refractivity contribution is 7.13. The van der Waals surface area contributed by atoms with Crippen molar-refractivity contribution < 1.29 is 19.1 Å². The molecule has 0 atom stereocenters. The molecule has 0 radical (unpaired) electrons. The number of carbonyl (C=O) groups is 2. The van der Waals surface area contributed by atoms with Gasteiger partial charge in [-0.1, -0.05) is 6.07 Å². The van der Waals surface area contributed by atoms with Crippen molar-refractivity contribution >= 4 is 28.3 Å². The zero-order chi connectivity index (χ0) is 18.5. The molecule has 1 aliphatic rings. The Balaban J connectivity index is 1.58. The average Bonchev–Trinajstić information content (AvgIpc) is 3.17. The lowest BCUT2D eigenvalue weighted by Crippen LogP contribution is -2.42. The number of nitrogens with one attached hydrogen (secondary N) is 2. The van der Waals surface area contributed by atoms with Crippen molar-refractivity contribution in [2.75, 3.05) is 38.3 Å². The predicted molar refractivity (Wildman–Crippen MR) is 97.8 cm³/mol. The molecule has 0 bridgehead atoms. The fraction of sp³-hybridized carbons (Fsp3) is 0.353. The third kappa shape index (κ3) is 4.12. The summed E-state index contributed by atoms with van der Waals surface area (Å²) in [6, 6.07) is 5.07. The van der Waals surface area contributed by atoms with Gasteiger partial charge in [-0.25, -0.2) is 4.98 Å². The zero-order valence-electron chi connectivity index (χ0n) is 14.6. The van der Waals surface area contributed by atoms with Gasteiger partial charge in [0.1, 0.15) is 11.4 Å². The van der Waals surface area contributed by atoms with Crippen LogP contribution in [-0.2, 0) is 4.74 Å². The van der Waals surface area contributed by atoms with Crippen molar-refractivity contribution in [3.8, 4) is 5.75 Å². The van der Waals surface area contributed by atoms with Gasteiger partial charge in [0, 0.05) is 24.0 Å². The number of anilines is 1. The highest BCUT2D eigenvalue weighted by atomic mass is 32.1. The molecule has 0 spiro atoms. The summed E-state index contributed by atoms with van der Waals surface area (Å²) in [5.41, 5.74) is 6.35. The standard InChI is InChI=1S/C17H20N4O4S/c1-11-3-4-12(9-14(11)24-2)15(22)19-20-16(23)13-10-26-17(18-13)21-5-7-25-8-6-21/h3-4,9-10H,5-8H2,1-2H3,(H,19,22)(H,20,23). The summed E-state index contributed by atoms with van der Waals surface area (Å²) in [4.78, 5) is 30.8. The fourth-order valence-corrected chi connectivity index (χ4v) is 3.34. The molecule has 1 aliphatic heterocycles. The Morgan fingerprint density at radius 1 is 1.23 bits per heavy atom. The average molecular weight is 376 g/mol. The van der Waals surface area contributed by atoms with E-state index in [-0.39, 0.29) is 5.69 Å². The normalized spacial score (nSPS) is 14.0. The van der Waals surface area contributed by atoms with Gasteiger partial charge >= 0.3 is 0 Å². The van der Waals surface area contributed by atoms with Crippen LogP contribution < -0.4 is 20.5 Å². The molecule has 2 amide bonds. The number of benzene rings is 1. The fourth-order valence-electron chi connectivity index (χ4n) is 2.48. The van der Waals surface area contributed by atoms with Crippen LogP contribution in [0.5, 0.6) is 5.75 Å². The number of morpholine rings is 1. The number of hydrogen-bond acceptors (Lipinski definition) is 7. The minimum atomic E-state index is -0.465. The van der Waals surface area contributed by atoms with Crippen LogP contribution in [0.2, 0.25) is 0 Å². The van der Waals surface area contributed by atoms with E-state index in [0.29, 0.717) is 24.5 Å². The summed E-state index contributed by atoms with van der Waals surface area (Å²) in [5, 5.41) is 2.44. The van der Waals surface area contributed by atoms with Crippen LogP contribution in [0.3, 0.4) is 0 Å². The topological polar surface area (TPSA) is 92.8 Å². The quantitative estimate of drug-likeness (QED) is 0.783. The Bertz CT molecular complexity index is 802. The highest BCUT2D eigenvalue weighted by Gasteiger charge is 2.18. The van der Waals surface area contributed by atoms with E-state index in [2.05, 4.69) is 20.7 Å². The molecule has 2 heterocycles. The number of aromatic nitrogens is 1. The zero-order valence-corrected chi connectivity index (χ0v) is 15.4. The minimum Gasteiger partial charge on any atom is -0.496 e. The van der Waals surface area contributed by atoms with E-state index in [1.165, 1.54) is 11.3 Å². The minimum absolute atomic E-state index is 0.262. The predicted octanol–water partition coefficient (Wildman–Crippen LogP) is 1.37. The third-order valence-corrected chi connectivity index (χ3v) is 4.87. The lowest BCUT2D eigenvalue weighted by Gasteiger charge is -2.25. The number of rotatable bonds is 4. The van der Waals surface area contributed by atoms with Crippen molar-refractivity contribution in [2.24, 2.45) is 0 Å². The monoisotopic (exact) mass is 376 g/mol. The van der Waals surface area contributed by atoms with E-state index < -0.39 is 11.8 Å². The molecule has 9 heteroatoms. The van der Waals surface area contributed by atoms with Gasteiger partial charge in [0.05, 0.1) is 20.3 Å². The van der Waals surface area contributed by atoms with Crippen molar-refractivity contribution in [3.63, 3.8) is 0 Å². The second kappa shape index (κ2) is 8.15. The molecule has 3 rings (SSSR count). The summed E-state index contributed by atoms with van der Waals surface area (Å²) in [6.07, 6.45) is 0. The molecule has 2 aromatic rings. The van der Waals surface area contributed by atoms with Crippen molar-refractivity contribution in [1.29, 1.82) is 0 Å². The number of thiazole rings is 1. The van der Waals surface area contributed by atoms with Crippen molar-refractivity contribution in [3.05, 3.63) is 40.4 Å². The van der Waals surface area contributed by atoms with Crippen molar-refractivity contribution in [1.82, 2.24) is 15.8 Å². The Labute approximate surface area is 155 Å². The summed E-state index contributed by atoms with van der Waals surface area (Å²) in [7, 11) is 1.54. The Hall–Kier alpha value is -2.65. The number of carbonyl (C=O) groups excluding carboxylic acids is 2. The van der Waals surface area contributed by atoms with Crippen LogP contribution in [0.15, 0.2) is 23.6 Å². The molecule has 8 nitrogen and oxygen atoms in total. The molecule has 1 aromatic heterocycles. The number of ether oxygens (including phenoxy) is 2. The van der Waals surface area contributed by atoms with Crippen molar-refractivity contribution in [2.45, 2.75) is 6.92 Å². The molecule has 1 fully saturated rings. The molecular formula is C17H20N4O4S. The van der Waals surface area contributed by atoms with Crippen LogP contribution in [-0.4, -0.2) is 50.2 Å². The van der Waals surface area contributed by atoms with Crippen LogP contribution in [0, 0.1) is 6.92 Å². The third-order valence-electron chi connectivity index (χ3n) is 3.97. The number of hydrogen-bond donors (Lipinski definition) is 2. The van der Waals surface area contributed by atoms with Gasteiger partial charge in [-0.2, -0.15) is 0 Å². The molecule has 1 saturated heterocycles. The van der Waals surface area contributed by atoms with E-state index in [1.54, 1.807) is 30.7 Å². The maximum absolute atomic E-state index is 12.2. The lowest BCUT2D eigenvalue weighted by atomic mass is 10.1. The molecule has 1 aromatic carbocycles. The molecule has 0 aliphatic carbocycles. The van der Waals surface area contributed by atoms with Crippen LogP contribution in [0.1, 0.15) is 26.4 Å². The number of amides is 2. The van der Waals surface area contributed by atoms with E-state index in [1.807, 2.05) is 6.92 Å². The van der Waals surface area contributed by atoms with Crippen LogP contribution in [0.4, 0.5) is 5.13 Å². The lowest BCUT2D eigenvalue weighted by molar-refractivity contribution is 0.0844. The Kier molecular flexibility index (Phi) is 5.69. The first-order valence-corrected chi connectivity index (χ1v) is 9.00. The van der Waals surface area contributed by atoms with Gasteiger partial charge in [-0.05, 0) is 24.6 Å². The summed E-state index contributed by atoms with van der Waals surface area (Å²) < 4.78 is 10.5. The maximum atomic E-state index is 12.2. The molecule has 26 heavy (non-hydrogen) atoms. The first-order chi connectivity index (χ1) is 12.6. The Morgan fingerprint density at radius 3 is 2.69 bits per heavy atom.